The van der Waals surface area contributed by atoms with Gasteiger partial charge in [-0.1, -0.05) is 189 Å². The number of hydrogen-bond donors (Lipinski definition) is 5. The van der Waals surface area contributed by atoms with Crippen molar-refractivity contribution >= 4 is 66.7 Å². The molecular weight excluding hydrogens is 1750 g/mol. The Labute approximate surface area is 788 Å². The SMILES string of the molecule is C=CC(=O)Cl.C=CC(=O)OCCCC(F)(F)CCCOc1ccc2cc(-c3ccc(CCCCC)cc3)oc2c1.CCCCCc1ccc(-c2cc3ccc(O)cc3o2)cc1.CCCCCc1ccc(-c2cc3ccc(OCCCC(F)(F)CCCO)cc3o2)cc1.CCCCCc1ccc(-c2cc3ccc(OCCCC(F)(F)CCCO)cc3o2)cc1.OCCCC(F)(F)CCCO. The largest absolute Gasteiger partial charge is 0.508 e. The maximum Gasteiger partial charge on any atom is 0.330 e. The first-order chi connectivity index (χ1) is 64.6. The molecule has 0 bridgehead atoms. The molecule has 5 N–H and O–H groups in total. The molecule has 0 aliphatic rings. The second kappa shape index (κ2) is 59.9. The minimum atomic E-state index is -2.82. The minimum absolute atomic E-state index is 0.0365. The fraction of sp³-hybridized carbons (Fsp3) is 0.436. The number of ether oxygens (including phenoxy) is 4. The number of carbonyl (C=O) groups is 2. The van der Waals surface area contributed by atoms with E-state index in [0.29, 0.717) is 34.0 Å². The third-order valence-corrected chi connectivity index (χ3v) is 22.3. The molecule has 0 saturated carbocycles. The van der Waals surface area contributed by atoms with Crippen molar-refractivity contribution in [3.05, 3.63) is 242 Å². The quantitative estimate of drug-likeness (QED) is 0.00786. The molecule has 0 aliphatic carbocycles. The third-order valence-electron chi connectivity index (χ3n) is 22.1. The molecule has 12 rings (SSSR count). The van der Waals surface area contributed by atoms with Crippen LogP contribution in [0.1, 0.15) is 230 Å². The molecule has 134 heavy (non-hydrogen) atoms. The summed E-state index contributed by atoms with van der Waals surface area (Å²) < 4.78 is 153. The molecule has 0 aliphatic heterocycles. The van der Waals surface area contributed by atoms with Crippen LogP contribution >= 0.6 is 11.6 Å². The zero-order valence-electron chi connectivity index (χ0n) is 78.0. The number of rotatable bonds is 53. The maximum absolute atomic E-state index is 14.0. The number of benzene rings is 8. The number of halogens is 9. The van der Waals surface area contributed by atoms with Gasteiger partial charge in [0.25, 0.3) is 0 Å². The van der Waals surface area contributed by atoms with Crippen molar-refractivity contribution in [3.8, 4) is 68.3 Å². The molecule has 4 aromatic heterocycles. The summed E-state index contributed by atoms with van der Waals surface area (Å²) in [6, 6.07) is 63.9. The summed E-state index contributed by atoms with van der Waals surface area (Å²) in [6.07, 6.45) is 20.4. The molecule has 0 unspecified atom stereocenters. The molecule has 24 heteroatoms. The highest BCUT2D eigenvalue weighted by molar-refractivity contribution is 6.66. The Hall–Kier alpha value is -10.7. The highest BCUT2D eigenvalue weighted by Crippen LogP contribution is 2.38. The van der Waals surface area contributed by atoms with Crippen LogP contribution in [-0.4, -0.2) is 113 Å². The van der Waals surface area contributed by atoms with E-state index in [4.69, 9.17) is 68.6 Å². The van der Waals surface area contributed by atoms with Gasteiger partial charge in [0.05, 0.1) is 26.4 Å². The molecule has 0 radical (unpaired) electrons. The number of hydrogen-bond acceptors (Lipinski definition) is 15. The lowest BCUT2D eigenvalue weighted by atomic mass is 10.0. The van der Waals surface area contributed by atoms with E-state index in [0.717, 1.165) is 110 Å². The molecule has 0 atom stereocenters. The summed E-state index contributed by atoms with van der Waals surface area (Å²) in [4.78, 5) is 20.4. The zero-order chi connectivity index (χ0) is 97.0. The fourth-order valence-corrected chi connectivity index (χ4v) is 14.5. The highest BCUT2D eigenvalue weighted by atomic mass is 35.5. The molecule has 8 aromatic carbocycles. The first-order valence-corrected chi connectivity index (χ1v) is 47.6. The summed E-state index contributed by atoms with van der Waals surface area (Å²) in [6.45, 7) is 15.0. The van der Waals surface area contributed by atoms with E-state index in [1.165, 1.54) is 99.3 Å². The summed E-state index contributed by atoms with van der Waals surface area (Å²) in [7, 11) is 0. The summed E-state index contributed by atoms with van der Waals surface area (Å²) in [5.41, 5.74) is 12.4. The fourth-order valence-electron chi connectivity index (χ4n) is 14.5. The summed E-state index contributed by atoms with van der Waals surface area (Å²) in [5.74, 6) is -6.37. The zero-order valence-corrected chi connectivity index (χ0v) is 78.8. The van der Waals surface area contributed by atoms with Gasteiger partial charge in [-0.2, -0.15) is 0 Å². The standard InChI is InChI=1S/C29H34F2O4.2C26H32F2O3.C19H20O2.C7H14F2O2.C3H3ClO/c1-3-5-6-9-22-10-12-23(13-11-22)26-20-24-14-15-25(21-27(24)35-26)33-18-7-16-29(30,31)17-8-19-34-28(32)4-2;2*1-2-3-4-7-20-8-10-21(11-9-20)24-18-22-12-13-23(19-25(22)31-24)30-17-6-15-26(27,28)14-5-16-29;1-2-3-4-5-14-6-8-15(9-7-14)18-12-16-10-11-17(20)13-19(16)21-18;8-7(9,3-1-5-10)4-2-6-11;1-2-3(4)5/h4,10-15,20-21H,2-3,5-9,16-19H2,1H3;2*8-13,18-19,29H,2-7,14-17H2,1H3;6-13,20H,2-5H2,1H3;10-11H,1-6H2;2H,1H2. The monoisotopic (exact) mass is 1880 g/mol. The smallest absolute Gasteiger partial charge is 0.330 e. The van der Waals surface area contributed by atoms with E-state index in [9.17, 15) is 49.8 Å². The third kappa shape index (κ3) is 41.7. The van der Waals surface area contributed by atoms with Crippen molar-refractivity contribution in [1.29, 1.82) is 0 Å². The number of unbranched alkanes of at least 4 members (excludes halogenated alkanes) is 8. The predicted octanol–water partition coefficient (Wildman–Crippen LogP) is 30.6. The van der Waals surface area contributed by atoms with Crippen LogP contribution in [0, 0.1) is 0 Å². The number of aryl methyl sites for hydroxylation is 4. The number of alkyl halides is 8. The van der Waals surface area contributed by atoms with Crippen molar-refractivity contribution < 1.29 is 107 Å². The topological polar surface area (TPSA) is 225 Å². The van der Waals surface area contributed by atoms with Gasteiger partial charge in [0.15, 0.2) is 0 Å². The van der Waals surface area contributed by atoms with Crippen LogP contribution in [0.2, 0.25) is 0 Å². The van der Waals surface area contributed by atoms with Crippen LogP contribution in [0.4, 0.5) is 35.1 Å². The number of aromatic hydroxyl groups is 1. The minimum Gasteiger partial charge on any atom is -0.508 e. The molecule has 12 aromatic rings. The number of phenolic OH excluding ortho intramolecular Hbond substituents is 1. The molecule has 0 saturated heterocycles. The molecule has 0 spiro atoms. The van der Waals surface area contributed by atoms with Crippen molar-refractivity contribution in [2.24, 2.45) is 0 Å². The Balaban J connectivity index is 0.000000233. The van der Waals surface area contributed by atoms with Crippen LogP contribution in [0.3, 0.4) is 0 Å². The molecular formula is C110H135ClF8O15. The lowest BCUT2D eigenvalue weighted by Crippen LogP contribution is -2.18. The van der Waals surface area contributed by atoms with Crippen molar-refractivity contribution in [2.75, 3.05) is 52.9 Å². The molecule has 0 fully saturated rings. The lowest BCUT2D eigenvalue weighted by Gasteiger charge is -2.16. The Morgan fingerprint density at radius 2 is 0.560 bits per heavy atom. The Morgan fingerprint density at radius 1 is 0.321 bits per heavy atom. The van der Waals surface area contributed by atoms with Crippen molar-refractivity contribution in [2.45, 2.75) is 257 Å². The first-order valence-electron chi connectivity index (χ1n) is 47.2. The van der Waals surface area contributed by atoms with Crippen molar-refractivity contribution in [1.82, 2.24) is 0 Å². The van der Waals surface area contributed by atoms with Gasteiger partial charge in [0.2, 0.25) is 28.9 Å². The predicted molar refractivity (Wildman–Crippen MR) is 522 cm³/mol. The second-order valence-corrected chi connectivity index (χ2v) is 33.8. The Morgan fingerprint density at radius 3 is 0.799 bits per heavy atom. The number of esters is 1. The van der Waals surface area contributed by atoms with Crippen LogP contribution < -0.4 is 14.2 Å². The molecule has 4 heterocycles. The van der Waals surface area contributed by atoms with Gasteiger partial charge < -0.3 is 62.1 Å². The van der Waals surface area contributed by atoms with Gasteiger partial charge in [-0.15, -0.1) is 0 Å². The van der Waals surface area contributed by atoms with Gasteiger partial charge >= 0.3 is 5.97 Å². The summed E-state index contributed by atoms with van der Waals surface area (Å²) in [5, 5.41) is 46.8. The average Bonchev–Trinajstić information content (AvgIpc) is 1.67. The van der Waals surface area contributed by atoms with E-state index in [1.807, 2.05) is 78.9 Å². The Bertz CT molecular complexity index is 5160. The average molecular weight is 1880 g/mol. The van der Waals surface area contributed by atoms with Gasteiger partial charge in [-0.25, -0.2) is 39.9 Å². The van der Waals surface area contributed by atoms with E-state index in [2.05, 4.69) is 138 Å². The van der Waals surface area contributed by atoms with E-state index < -0.39 is 34.9 Å². The van der Waals surface area contributed by atoms with Gasteiger partial charge in [0.1, 0.15) is 68.4 Å². The van der Waals surface area contributed by atoms with Gasteiger partial charge in [-0.3, -0.25) is 4.79 Å². The number of furan rings is 4. The maximum atomic E-state index is 14.0. The number of allylic oxidation sites excluding steroid dienone is 1. The molecule has 728 valence electrons. The van der Waals surface area contributed by atoms with E-state index in [-0.39, 0.29) is 161 Å². The van der Waals surface area contributed by atoms with Gasteiger partial charge in [0, 0.05) is 152 Å². The van der Waals surface area contributed by atoms with Crippen molar-refractivity contribution in [3.63, 3.8) is 0 Å². The van der Waals surface area contributed by atoms with E-state index >= 15 is 0 Å². The highest BCUT2D eigenvalue weighted by Gasteiger charge is 2.31. The second-order valence-electron chi connectivity index (χ2n) is 33.5. The lowest BCUT2D eigenvalue weighted by molar-refractivity contribution is -0.138. The molecule has 15 nitrogen and oxygen atoms in total. The Kier molecular flexibility index (Phi) is 49.3. The van der Waals surface area contributed by atoms with Gasteiger partial charge in [-0.05, 0) is 215 Å². The van der Waals surface area contributed by atoms with Crippen LogP contribution in [0.15, 0.2) is 237 Å². The van der Waals surface area contributed by atoms with Crippen LogP contribution in [-0.2, 0) is 40.0 Å². The number of fused-ring (bicyclic) bond motifs is 4. The normalized spacial score (nSPS) is 11.5. The van der Waals surface area contributed by atoms with E-state index in [1.54, 1.807) is 18.2 Å². The van der Waals surface area contributed by atoms with Crippen LogP contribution in [0.5, 0.6) is 23.0 Å². The number of aliphatic hydroxyl groups is 4. The summed E-state index contributed by atoms with van der Waals surface area (Å²) >= 11 is 4.71. The number of carbonyl (C=O) groups excluding carboxylic acids is 2. The number of phenols is 1. The first kappa shape index (κ1) is 110. The number of aliphatic hydroxyl groups excluding tert-OH is 4. The molecule has 0 amide bonds. The van der Waals surface area contributed by atoms with Crippen LogP contribution in [0.25, 0.3) is 89.2 Å².